The van der Waals surface area contributed by atoms with Gasteiger partial charge in [0.25, 0.3) is 0 Å². The molecule has 112 valence electrons. The molecule has 20 heavy (non-hydrogen) atoms. The molecule has 2 atom stereocenters. The summed E-state index contributed by atoms with van der Waals surface area (Å²) >= 11 is 6.14. The van der Waals surface area contributed by atoms with Gasteiger partial charge in [0.2, 0.25) is 0 Å². The van der Waals surface area contributed by atoms with Crippen molar-refractivity contribution in [3.8, 4) is 11.5 Å². The van der Waals surface area contributed by atoms with Crippen molar-refractivity contribution in [1.82, 2.24) is 0 Å². The van der Waals surface area contributed by atoms with Gasteiger partial charge in [-0.05, 0) is 18.8 Å². The van der Waals surface area contributed by atoms with Crippen LogP contribution < -0.4 is 14.8 Å². The Kier molecular flexibility index (Phi) is 5.41. The second-order valence-corrected chi connectivity index (χ2v) is 5.88. The summed E-state index contributed by atoms with van der Waals surface area (Å²) in [4.78, 5) is 0. The molecular formula is C16H24ClNO2. The molecule has 1 fully saturated rings. The van der Waals surface area contributed by atoms with E-state index in [1.165, 1.54) is 32.1 Å². The van der Waals surface area contributed by atoms with Crippen molar-refractivity contribution in [2.75, 3.05) is 19.5 Å². The van der Waals surface area contributed by atoms with Gasteiger partial charge in [0.1, 0.15) is 11.5 Å². The number of benzene rings is 1. The number of halogens is 1. The first-order valence-corrected chi connectivity index (χ1v) is 7.73. The third-order valence-corrected chi connectivity index (χ3v) is 4.49. The summed E-state index contributed by atoms with van der Waals surface area (Å²) < 4.78 is 10.7. The lowest BCUT2D eigenvalue weighted by Gasteiger charge is -2.30. The molecule has 2 rings (SSSR count). The number of hydrogen-bond donors (Lipinski definition) is 1. The van der Waals surface area contributed by atoms with Gasteiger partial charge in [-0.25, -0.2) is 0 Å². The minimum absolute atomic E-state index is 0.508. The Hall–Kier alpha value is -1.09. The first-order chi connectivity index (χ1) is 9.67. The van der Waals surface area contributed by atoms with Crippen molar-refractivity contribution in [3.05, 3.63) is 17.2 Å². The lowest BCUT2D eigenvalue weighted by atomic mass is 9.84. The van der Waals surface area contributed by atoms with Crippen LogP contribution in [-0.2, 0) is 0 Å². The zero-order chi connectivity index (χ0) is 14.5. The maximum atomic E-state index is 6.14. The monoisotopic (exact) mass is 297 g/mol. The van der Waals surface area contributed by atoms with E-state index in [0.717, 1.165) is 17.4 Å². The maximum Gasteiger partial charge on any atom is 0.143 e. The van der Waals surface area contributed by atoms with E-state index in [1.54, 1.807) is 14.2 Å². The minimum atomic E-state index is 0.508. The van der Waals surface area contributed by atoms with Gasteiger partial charge in [-0.2, -0.15) is 0 Å². The average Bonchev–Trinajstić information content (AvgIpc) is 2.48. The molecule has 1 aromatic carbocycles. The molecule has 1 N–H and O–H groups in total. The molecule has 3 nitrogen and oxygen atoms in total. The molecular weight excluding hydrogens is 274 g/mol. The van der Waals surface area contributed by atoms with Crippen molar-refractivity contribution in [2.45, 2.75) is 45.1 Å². The highest BCUT2D eigenvalue weighted by atomic mass is 35.5. The van der Waals surface area contributed by atoms with Gasteiger partial charge in [-0.1, -0.05) is 37.8 Å². The Labute approximate surface area is 126 Å². The van der Waals surface area contributed by atoms with Gasteiger partial charge >= 0.3 is 0 Å². The van der Waals surface area contributed by atoms with Crippen LogP contribution >= 0.6 is 11.6 Å². The van der Waals surface area contributed by atoms with E-state index < -0.39 is 0 Å². The Morgan fingerprint density at radius 3 is 2.60 bits per heavy atom. The fraction of sp³-hybridized carbons (Fsp3) is 0.625. The Morgan fingerprint density at radius 1 is 1.20 bits per heavy atom. The molecule has 0 aliphatic heterocycles. The summed E-state index contributed by atoms with van der Waals surface area (Å²) in [5.74, 6) is 2.29. The Balaban J connectivity index is 2.15. The molecule has 2 unspecified atom stereocenters. The molecule has 0 bridgehead atoms. The van der Waals surface area contributed by atoms with E-state index in [1.807, 2.05) is 12.1 Å². The Morgan fingerprint density at radius 2 is 1.95 bits per heavy atom. The quantitative estimate of drug-likeness (QED) is 0.851. The van der Waals surface area contributed by atoms with Crippen molar-refractivity contribution < 1.29 is 9.47 Å². The lowest BCUT2D eigenvalue weighted by molar-refractivity contribution is 0.326. The summed E-state index contributed by atoms with van der Waals surface area (Å²) in [6.45, 7) is 2.28. The smallest absolute Gasteiger partial charge is 0.143 e. The first-order valence-electron chi connectivity index (χ1n) is 7.36. The van der Waals surface area contributed by atoms with Crippen molar-refractivity contribution in [3.63, 3.8) is 0 Å². The number of nitrogens with one attached hydrogen (secondary N) is 1. The van der Waals surface area contributed by atoms with Gasteiger partial charge in [-0.3, -0.25) is 0 Å². The fourth-order valence-corrected chi connectivity index (χ4v) is 3.22. The highest BCUT2D eigenvalue weighted by Crippen LogP contribution is 2.38. The van der Waals surface area contributed by atoms with Crippen LogP contribution in [0.1, 0.15) is 39.0 Å². The summed E-state index contributed by atoms with van der Waals surface area (Å²) in [5.41, 5.74) is 0.968. The summed E-state index contributed by atoms with van der Waals surface area (Å²) in [6.07, 6.45) is 6.35. The molecule has 1 aromatic rings. The largest absolute Gasteiger partial charge is 0.495 e. The van der Waals surface area contributed by atoms with Crippen LogP contribution in [0.2, 0.25) is 5.02 Å². The van der Waals surface area contributed by atoms with E-state index in [0.29, 0.717) is 16.8 Å². The van der Waals surface area contributed by atoms with Crippen molar-refractivity contribution in [1.29, 1.82) is 0 Å². The van der Waals surface area contributed by atoms with E-state index in [2.05, 4.69) is 12.2 Å². The normalized spacial score (nSPS) is 22.4. The van der Waals surface area contributed by atoms with E-state index in [-0.39, 0.29) is 0 Å². The van der Waals surface area contributed by atoms with Crippen LogP contribution in [0.5, 0.6) is 11.5 Å². The second-order valence-electron chi connectivity index (χ2n) is 5.47. The molecule has 0 radical (unpaired) electrons. The molecule has 0 heterocycles. The van der Waals surface area contributed by atoms with Gasteiger partial charge in [0, 0.05) is 18.2 Å². The topological polar surface area (TPSA) is 30.5 Å². The Bertz CT molecular complexity index is 450. The number of anilines is 1. The molecule has 0 aromatic heterocycles. The van der Waals surface area contributed by atoms with E-state index in [4.69, 9.17) is 21.1 Å². The molecule has 1 saturated carbocycles. The molecule has 1 aliphatic rings. The lowest BCUT2D eigenvalue weighted by Crippen LogP contribution is -2.27. The highest BCUT2D eigenvalue weighted by molar-refractivity contribution is 6.32. The zero-order valence-electron chi connectivity index (χ0n) is 12.5. The van der Waals surface area contributed by atoms with E-state index >= 15 is 0 Å². The van der Waals surface area contributed by atoms with E-state index in [9.17, 15) is 0 Å². The SMILES string of the molecule is CCC1CCCC(Nc2cc(OC)c(Cl)cc2OC)C1. The van der Waals surface area contributed by atoms with Crippen LogP contribution in [0.4, 0.5) is 5.69 Å². The summed E-state index contributed by atoms with van der Waals surface area (Å²) in [7, 11) is 3.30. The second kappa shape index (κ2) is 7.07. The van der Waals surface area contributed by atoms with Crippen LogP contribution in [0, 0.1) is 5.92 Å². The number of hydrogen-bond acceptors (Lipinski definition) is 3. The van der Waals surface area contributed by atoms with Gasteiger partial charge in [0.15, 0.2) is 0 Å². The number of methoxy groups -OCH3 is 2. The van der Waals surface area contributed by atoms with Gasteiger partial charge in [-0.15, -0.1) is 0 Å². The van der Waals surface area contributed by atoms with Crippen LogP contribution in [0.3, 0.4) is 0 Å². The van der Waals surface area contributed by atoms with Crippen molar-refractivity contribution >= 4 is 17.3 Å². The standard InChI is InChI=1S/C16H24ClNO2/c1-4-11-6-5-7-12(8-11)18-14-10-15(19-2)13(17)9-16(14)20-3/h9-12,18H,4-8H2,1-3H3. The van der Waals surface area contributed by atoms with Gasteiger partial charge in [0.05, 0.1) is 24.9 Å². The number of ether oxygens (including phenoxy) is 2. The molecule has 0 amide bonds. The van der Waals surface area contributed by atoms with Crippen LogP contribution in [0.25, 0.3) is 0 Å². The first kappa shape index (κ1) is 15.3. The predicted molar refractivity (Wildman–Crippen MR) is 84.2 cm³/mol. The van der Waals surface area contributed by atoms with Crippen molar-refractivity contribution in [2.24, 2.45) is 5.92 Å². The maximum absolute atomic E-state index is 6.14. The van der Waals surface area contributed by atoms with Crippen LogP contribution in [-0.4, -0.2) is 20.3 Å². The minimum Gasteiger partial charge on any atom is -0.495 e. The summed E-state index contributed by atoms with van der Waals surface area (Å²) in [5, 5.41) is 4.18. The van der Waals surface area contributed by atoms with Crippen LogP contribution in [0.15, 0.2) is 12.1 Å². The third-order valence-electron chi connectivity index (χ3n) is 4.19. The molecule has 0 spiro atoms. The van der Waals surface area contributed by atoms with Gasteiger partial charge < -0.3 is 14.8 Å². The predicted octanol–water partition coefficient (Wildman–Crippen LogP) is 4.74. The highest BCUT2D eigenvalue weighted by Gasteiger charge is 2.22. The third kappa shape index (κ3) is 3.51. The molecule has 0 saturated heterocycles. The number of rotatable bonds is 5. The fourth-order valence-electron chi connectivity index (χ4n) is 2.99. The zero-order valence-corrected chi connectivity index (χ0v) is 13.3. The summed E-state index contributed by atoms with van der Waals surface area (Å²) in [6, 6.07) is 4.24. The molecule has 1 aliphatic carbocycles. The molecule has 4 heteroatoms. The average molecular weight is 298 g/mol.